The van der Waals surface area contributed by atoms with Crippen LogP contribution in [0.4, 0.5) is 5.82 Å². The molecule has 31 heavy (non-hydrogen) atoms. The number of anilines is 1. The van der Waals surface area contributed by atoms with Crippen LogP contribution >= 0.6 is 0 Å². The molecule has 0 unspecified atom stereocenters. The number of nitrogens with zero attached hydrogens (tertiary/aromatic N) is 5. The number of carbonyl (C=O) groups excluding carboxylic acids is 1. The minimum Gasteiger partial charge on any atom is -0.497 e. The van der Waals surface area contributed by atoms with Gasteiger partial charge in [0.05, 0.1) is 25.8 Å². The molecule has 1 aromatic carbocycles. The van der Waals surface area contributed by atoms with E-state index in [1.807, 2.05) is 18.2 Å². The van der Waals surface area contributed by atoms with E-state index >= 15 is 0 Å². The normalized spacial score (nSPS) is 14.3. The highest BCUT2D eigenvalue weighted by molar-refractivity contribution is 5.87. The molecular formula is C22H28N6O3. The van der Waals surface area contributed by atoms with Crippen LogP contribution in [0.5, 0.6) is 11.5 Å². The Labute approximate surface area is 181 Å². The van der Waals surface area contributed by atoms with Crippen molar-refractivity contribution in [3.05, 3.63) is 36.3 Å². The van der Waals surface area contributed by atoms with E-state index in [1.165, 1.54) is 12.8 Å². The quantitative estimate of drug-likeness (QED) is 0.623. The number of methoxy groups -OCH3 is 2. The molecule has 0 atom stereocenters. The molecule has 1 amide bonds. The number of ether oxygens (including phenoxy) is 2. The lowest BCUT2D eigenvalue weighted by molar-refractivity contribution is -0.121. The Hall–Kier alpha value is -3.36. The molecule has 0 radical (unpaired) electrons. The van der Waals surface area contributed by atoms with Crippen molar-refractivity contribution in [3.63, 3.8) is 0 Å². The number of hydrogen-bond acceptors (Lipinski definition) is 7. The SMILES string of the molecule is COc1ccc(OC)c(CNC(=O)Cn2ncc3c(N4CCCCCC4)ncnc32)c1. The maximum atomic E-state index is 12.6. The molecule has 0 saturated carbocycles. The standard InChI is InChI=1S/C22H28N6O3/c1-30-17-7-8-19(31-2)16(11-17)12-23-20(29)14-28-22-18(13-26-28)21(24-15-25-22)27-9-5-3-4-6-10-27/h7-8,11,13,15H,3-6,9-10,12,14H2,1-2H3,(H,23,29). The van der Waals surface area contributed by atoms with Gasteiger partial charge in [0.2, 0.25) is 5.91 Å². The van der Waals surface area contributed by atoms with Crippen molar-refractivity contribution in [2.45, 2.75) is 38.8 Å². The molecule has 164 valence electrons. The fourth-order valence-electron chi connectivity index (χ4n) is 3.94. The average molecular weight is 425 g/mol. The number of benzene rings is 1. The van der Waals surface area contributed by atoms with Crippen LogP contribution in [0.1, 0.15) is 31.2 Å². The lowest BCUT2D eigenvalue weighted by Crippen LogP contribution is -2.28. The minimum atomic E-state index is -0.162. The van der Waals surface area contributed by atoms with E-state index in [1.54, 1.807) is 31.4 Å². The molecule has 0 bridgehead atoms. The Balaban J connectivity index is 1.46. The van der Waals surface area contributed by atoms with Crippen molar-refractivity contribution in [1.82, 2.24) is 25.1 Å². The molecule has 1 aliphatic heterocycles. The summed E-state index contributed by atoms with van der Waals surface area (Å²) in [6.45, 7) is 2.37. The Morgan fingerprint density at radius 3 is 2.65 bits per heavy atom. The number of carbonyl (C=O) groups is 1. The van der Waals surface area contributed by atoms with Gasteiger partial charge in [-0.2, -0.15) is 5.10 Å². The van der Waals surface area contributed by atoms with Crippen molar-refractivity contribution in [2.75, 3.05) is 32.2 Å². The van der Waals surface area contributed by atoms with E-state index in [4.69, 9.17) is 9.47 Å². The van der Waals surface area contributed by atoms with Gasteiger partial charge in [0, 0.05) is 25.2 Å². The zero-order chi connectivity index (χ0) is 21.6. The van der Waals surface area contributed by atoms with Crippen molar-refractivity contribution in [3.8, 4) is 11.5 Å². The summed E-state index contributed by atoms with van der Waals surface area (Å²) in [5.41, 5.74) is 1.51. The van der Waals surface area contributed by atoms with Crippen LogP contribution in [0.25, 0.3) is 11.0 Å². The average Bonchev–Trinajstić information content (AvgIpc) is 3.02. The molecule has 9 heteroatoms. The first kappa shape index (κ1) is 20.9. The molecule has 3 aromatic rings. The van der Waals surface area contributed by atoms with Crippen LogP contribution in [0.3, 0.4) is 0 Å². The molecule has 0 aliphatic carbocycles. The maximum Gasteiger partial charge on any atom is 0.242 e. The van der Waals surface area contributed by atoms with E-state index in [9.17, 15) is 4.79 Å². The topological polar surface area (TPSA) is 94.4 Å². The summed E-state index contributed by atoms with van der Waals surface area (Å²) in [6.07, 6.45) is 8.14. The Morgan fingerprint density at radius 1 is 1.10 bits per heavy atom. The molecule has 3 heterocycles. The number of aromatic nitrogens is 4. The van der Waals surface area contributed by atoms with Crippen molar-refractivity contribution in [2.24, 2.45) is 0 Å². The second-order valence-corrected chi connectivity index (χ2v) is 7.59. The first-order valence-electron chi connectivity index (χ1n) is 10.6. The van der Waals surface area contributed by atoms with Gasteiger partial charge in [-0.05, 0) is 31.0 Å². The molecule has 9 nitrogen and oxygen atoms in total. The maximum absolute atomic E-state index is 12.6. The predicted octanol–water partition coefficient (Wildman–Crippen LogP) is 2.54. The van der Waals surface area contributed by atoms with Gasteiger partial charge in [-0.3, -0.25) is 4.79 Å². The second-order valence-electron chi connectivity index (χ2n) is 7.59. The van der Waals surface area contributed by atoms with E-state index in [0.717, 1.165) is 42.7 Å². The van der Waals surface area contributed by atoms with Gasteiger partial charge >= 0.3 is 0 Å². The first-order chi connectivity index (χ1) is 15.2. The summed E-state index contributed by atoms with van der Waals surface area (Å²) >= 11 is 0. The van der Waals surface area contributed by atoms with Gasteiger partial charge in [-0.25, -0.2) is 14.6 Å². The van der Waals surface area contributed by atoms with Crippen LogP contribution in [-0.2, 0) is 17.9 Å². The number of fused-ring (bicyclic) bond motifs is 1. The summed E-state index contributed by atoms with van der Waals surface area (Å²) in [7, 11) is 3.21. The van der Waals surface area contributed by atoms with Crippen molar-refractivity contribution < 1.29 is 14.3 Å². The monoisotopic (exact) mass is 424 g/mol. The number of hydrogen-bond donors (Lipinski definition) is 1. The van der Waals surface area contributed by atoms with Gasteiger partial charge in [0.25, 0.3) is 0 Å². The Morgan fingerprint density at radius 2 is 1.90 bits per heavy atom. The largest absolute Gasteiger partial charge is 0.497 e. The highest BCUT2D eigenvalue weighted by Crippen LogP contribution is 2.26. The molecule has 4 rings (SSSR count). The minimum absolute atomic E-state index is 0.0756. The van der Waals surface area contributed by atoms with Crippen LogP contribution in [0.2, 0.25) is 0 Å². The summed E-state index contributed by atoms with van der Waals surface area (Å²) in [5.74, 6) is 2.14. The molecule has 1 saturated heterocycles. The lowest BCUT2D eigenvalue weighted by Gasteiger charge is -2.21. The molecule has 2 aromatic heterocycles. The van der Waals surface area contributed by atoms with Gasteiger partial charge in [0.15, 0.2) is 5.65 Å². The summed E-state index contributed by atoms with van der Waals surface area (Å²) in [5, 5.41) is 8.22. The molecule has 0 spiro atoms. The smallest absolute Gasteiger partial charge is 0.242 e. The third kappa shape index (κ3) is 4.70. The van der Waals surface area contributed by atoms with Gasteiger partial charge in [0.1, 0.15) is 30.2 Å². The van der Waals surface area contributed by atoms with Crippen LogP contribution in [-0.4, -0.2) is 53.0 Å². The zero-order valence-corrected chi connectivity index (χ0v) is 18.0. The fraction of sp³-hybridized carbons (Fsp3) is 0.455. The molecule has 1 fully saturated rings. The molecular weight excluding hydrogens is 396 g/mol. The van der Waals surface area contributed by atoms with E-state index in [2.05, 4.69) is 25.3 Å². The summed E-state index contributed by atoms with van der Waals surface area (Å²) in [6, 6.07) is 5.49. The molecule has 1 N–H and O–H groups in total. The third-order valence-corrected chi connectivity index (χ3v) is 5.58. The van der Waals surface area contributed by atoms with Gasteiger partial charge in [-0.15, -0.1) is 0 Å². The number of amides is 1. The fourth-order valence-corrected chi connectivity index (χ4v) is 3.94. The Bertz CT molecular complexity index is 1040. The van der Waals surface area contributed by atoms with Crippen LogP contribution in [0, 0.1) is 0 Å². The highest BCUT2D eigenvalue weighted by Gasteiger charge is 2.18. The van der Waals surface area contributed by atoms with Gasteiger partial charge < -0.3 is 19.7 Å². The summed E-state index contributed by atoms with van der Waals surface area (Å²) < 4.78 is 12.3. The van der Waals surface area contributed by atoms with Gasteiger partial charge in [-0.1, -0.05) is 12.8 Å². The lowest BCUT2D eigenvalue weighted by atomic mass is 10.2. The zero-order valence-electron chi connectivity index (χ0n) is 18.0. The summed E-state index contributed by atoms with van der Waals surface area (Å²) in [4.78, 5) is 23.8. The Kier molecular flexibility index (Phi) is 6.49. The third-order valence-electron chi connectivity index (χ3n) is 5.58. The predicted molar refractivity (Wildman–Crippen MR) is 117 cm³/mol. The van der Waals surface area contributed by atoms with Crippen molar-refractivity contribution in [1.29, 1.82) is 0 Å². The molecule has 1 aliphatic rings. The second kappa shape index (κ2) is 9.63. The van der Waals surface area contributed by atoms with E-state index in [-0.39, 0.29) is 12.5 Å². The number of rotatable bonds is 7. The first-order valence-corrected chi connectivity index (χ1v) is 10.6. The van der Waals surface area contributed by atoms with E-state index in [0.29, 0.717) is 23.7 Å². The highest BCUT2D eigenvalue weighted by atomic mass is 16.5. The van der Waals surface area contributed by atoms with Crippen LogP contribution in [0.15, 0.2) is 30.7 Å². The van der Waals surface area contributed by atoms with Crippen molar-refractivity contribution >= 4 is 22.8 Å². The number of nitrogens with one attached hydrogen (secondary N) is 1. The van der Waals surface area contributed by atoms with Crippen LogP contribution < -0.4 is 19.7 Å². The van der Waals surface area contributed by atoms with E-state index < -0.39 is 0 Å².